The van der Waals surface area contributed by atoms with Gasteiger partial charge >= 0.3 is 0 Å². The molecule has 0 spiro atoms. The first kappa shape index (κ1) is 23.6. The van der Waals surface area contributed by atoms with Crippen LogP contribution in [0.15, 0.2) is 53.3 Å². The molecule has 0 bridgehead atoms. The summed E-state index contributed by atoms with van der Waals surface area (Å²) in [5, 5.41) is 2.00. The van der Waals surface area contributed by atoms with Crippen LogP contribution in [-0.4, -0.2) is 65.9 Å². The number of hydrogen-bond donors (Lipinski definition) is 0. The van der Waals surface area contributed by atoms with E-state index in [0.717, 1.165) is 16.2 Å². The van der Waals surface area contributed by atoms with Gasteiger partial charge in [-0.05, 0) is 29.6 Å². The maximum absolute atomic E-state index is 13.0. The topological polar surface area (TPSA) is 84.7 Å². The molecule has 0 radical (unpaired) electrons. The summed E-state index contributed by atoms with van der Waals surface area (Å²) in [6.45, 7) is 6.32. The van der Waals surface area contributed by atoms with Gasteiger partial charge in [0.2, 0.25) is 15.9 Å². The molecule has 0 atom stereocenters. The van der Waals surface area contributed by atoms with Gasteiger partial charge in [0, 0.05) is 44.4 Å². The summed E-state index contributed by atoms with van der Waals surface area (Å²) in [4.78, 5) is 20.7. The Kier molecular flexibility index (Phi) is 7.28. The van der Waals surface area contributed by atoms with E-state index in [1.165, 1.54) is 4.31 Å². The molecule has 10 heteroatoms. The van der Waals surface area contributed by atoms with Gasteiger partial charge in [0.05, 0.1) is 35.7 Å². The highest BCUT2D eigenvalue weighted by Crippen LogP contribution is 2.23. The molecule has 3 aromatic rings. The Morgan fingerprint density at radius 1 is 1.30 bits per heavy atom. The lowest BCUT2D eigenvalue weighted by molar-refractivity contribution is -0.131. The van der Waals surface area contributed by atoms with Gasteiger partial charge in [-0.25, -0.2) is 13.4 Å². The van der Waals surface area contributed by atoms with Crippen molar-refractivity contribution in [3.8, 4) is 0 Å². The first-order valence-corrected chi connectivity index (χ1v) is 13.2. The van der Waals surface area contributed by atoms with E-state index < -0.39 is 10.0 Å². The Bertz CT molecular complexity index is 1230. The van der Waals surface area contributed by atoms with Gasteiger partial charge in [-0.2, -0.15) is 4.31 Å². The zero-order valence-corrected chi connectivity index (χ0v) is 20.3. The van der Waals surface area contributed by atoms with E-state index in [4.69, 9.17) is 4.74 Å². The maximum Gasteiger partial charge on any atom is 0.243 e. The molecule has 1 fully saturated rings. The van der Waals surface area contributed by atoms with Crippen LogP contribution >= 0.6 is 11.3 Å². The third-order valence-electron chi connectivity index (χ3n) is 5.74. The monoisotopic (exact) mass is 488 g/mol. The minimum atomic E-state index is -3.59. The fourth-order valence-corrected chi connectivity index (χ4v) is 6.08. The number of thiophene rings is 1. The molecule has 176 valence electrons. The third-order valence-corrected chi connectivity index (χ3v) is 8.50. The number of carbonyl (C=O) groups is 1. The van der Waals surface area contributed by atoms with E-state index in [-0.39, 0.29) is 10.8 Å². The predicted molar refractivity (Wildman–Crippen MR) is 129 cm³/mol. The van der Waals surface area contributed by atoms with E-state index in [0.29, 0.717) is 57.8 Å². The molecule has 0 unspecified atom stereocenters. The standard InChI is InChI=1S/C23H28N4O4S2/c1-3-10-26(17-18-5-4-15-32-18)23(28)9-8-22-24-20-16-19(6-7-21(20)25(22)2)33(29,30)27-11-13-31-14-12-27/h3-7,15-16H,1,8-14,17H2,2H3. The van der Waals surface area contributed by atoms with Crippen LogP contribution in [0, 0.1) is 0 Å². The molecular formula is C23H28N4O4S2. The molecular weight excluding hydrogens is 460 g/mol. The Morgan fingerprint density at radius 3 is 2.79 bits per heavy atom. The highest BCUT2D eigenvalue weighted by molar-refractivity contribution is 7.89. The number of sulfonamides is 1. The lowest BCUT2D eigenvalue weighted by Crippen LogP contribution is -2.40. The summed E-state index contributed by atoms with van der Waals surface area (Å²) in [7, 11) is -1.70. The SMILES string of the molecule is C=CCN(Cc1cccs1)C(=O)CCc1nc2cc(S(=O)(=O)N3CCOCC3)ccc2n1C. The second-order valence-corrected chi connectivity index (χ2v) is 10.9. The molecule has 1 aromatic carbocycles. The largest absolute Gasteiger partial charge is 0.379 e. The van der Waals surface area contributed by atoms with E-state index in [1.807, 2.05) is 29.1 Å². The van der Waals surface area contributed by atoms with Crippen molar-refractivity contribution in [3.63, 3.8) is 0 Å². The highest BCUT2D eigenvalue weighted by Gasteiger charge is 2.27. The number of rotatable bonds is 9. The van der Waals surface area contributed by atoms with Crippen LogP contribution in [0.3, 0.4) is 0 Å². The zero-order valence-electron chi connectivity index (χ0n) is 18.6. The van der Waals surface area contributed by atoms with Gasteiger partial charge in [0.25, 0.3) is 0 Å². The summed E-state index contributed by atoms with van der Waals surface area (Å²) in [5.41, 5.74) is 1.44. The number of amides is 1. The minimum absolute atomic E-state index is 0.0333. The lowest BCUT2D eigenvalue weighted by Gasteiger charge is -2.26. The average molecular weight is 489 g/mol. The molecule has 33 heavy (non-hydrogen) atoms. The number of fused-ring (bicyclic) bond motifs is 1. The molecule has 1 amide bonds. The van der Waals surface area contributed by atoms with Crippen LogP contribution in [0.4, 0.5) is 0 Å². The molecule has 1 aliphatic rings. The van der Waals surface area contributed by atoms with Crippen molar-refractivity contribution in [2.24, 2.45) is 7.05 Å². The Hall–Kier alpha value is -2.53. The number of hydrogen-bond acceptors (Lipinski definition) is 6. The molecule has 2 aromatic heterocycles. The molecule has 1 saturated heterocycles. The molecule has 0 aliphatic carbocycles. The van der Waals surface area contributed by atoms with Crippen LogP contribution in [0.25, 0.3) is 11.0 Å². The highest BCUT2D eigenvalue weighted by atomic mass is 32.2. The zero-order chi connectivity index (χ0) is 23.4. The quantitative estimate of drug-likeness (QED) is 0.433. The van der Waals surface area contributed by atoms with E-state index >= 15 is 0 Å². The van der Waals surface area contributed by atoms with Crippen LogP contribution < -0.4 is 0 Å². The molecule has 3 heterocycles. The number of morpholine rings is 1. The summed E-state index contributed by atoms with van der Waals surface area (Å²) < 4.78 is 34.6. The third kappa shape index (κ3) is 5.19. The maximum atomic E-state index is 13.0. The van der Waals surface area contributed by atoms with Gasteiger partial charge in [-0.1, -0.05) is 12.1 Å². The Labute approximate surface area is 198 Å². The number of carbonyl (C=O) groups excluding carboxylic acids is 1. The van der Waals surface area contributed by atoms with Crippen molar-refractivity contribution in [1.29, 1.82) is 0 Å². The molecule has 0 N–H and O–H groups in total. The van der Waals surface area contributed by atoms with E-state index in [2.05, 4.69) is 11.6 Å². The number of nitrogens with zero attached hydrogens (tertiary/aromatic N) is 4. The fraction of sp³-hybridized carbons (Fsp3) is 0.391. The van der Waals surface area contributed by atoms with Gasteiger partial charge in [-0.15, -0.1) is 17.9 Å². The van der Waals surface area contributed by atoms with Crippen molar-refractivity contribution in [3.05, 3.63) is 59.1 Å². The van der Waals surface area contributed by atoms with Crippen LogP contribution in [-0.2, 0) is 39.6 Å². The van der Waals surface area contributed by atoms with Crippen molar-refractivity contribution in [2.75, 3.05) is 32.8 Å². The number of benzene rings is 1. The lowest BCUT2D eigenvalue weighted by atomic mass is 10.2. The van der Waals surface area contributed by atoms with Crippen molar-refractivity contribution < 1.29 is 17.9 Å². The average Bonchev–Trinajstić information content (AvgIpc) is 3.45. The van der Waals surface area contributed by atoms with E-state index in [9.17, 15) is 13.2 Å². The normalized spacial score (nSPS) is 15.1. The minimum Gasteiger partial charge on any atom is -0.379 e. The molecule has 0 saturated carbocycles. The van der Waals surface area contributed by atoms with Crippen LogP contribution in [0.5, 0.6) is 0 Å². The van der Waals surface area contributed by atoms with Gasteiger partial charge in [0.1, 0.15) is 5.82 Å². The van der Waals surface area contributed by atoms with E-state index in [1.54, 1.807) is 40.5 Å². The van der Waals surface area contributed by atoms with Crippen LogP contribution in [0.1, 0.15) is 17.1 Å². The van der Waals surface area contributed by atoms with Gasteiger partial charge in [0.15, 0.2) is 0 Å². The second kappa shape index (κ2) is 10.2. The Morgan fingerprint density at radius 2 is 2.09 bits per heavy atom. The smallest absolute Gasteiger partial charge is 0.243 e. The number of aryl methyl sites for hydroxylation is 2. The fourth-order valence-electron chi connectivity index (χ4n) is 3.93. The first-order valence-electron chi connectivity index (χ1n) is 10.8. The summed E-state index contributed by atoms with van der Waals surface area (Å²) in [6, 6.07) is 9.01. The molecule has 8 nitrogen and oxygen atoms in total. The van der Waals surface area contributed by atoms with Crippen molar-refractivity contribution in [1.82, 2.24) is 18.8 Å². The predicted octanol–water partition coefficient (Wildman–Crippen LogP) is 2.80. The first-order chi connectivity index (χ1) is 15.9. The van der Waals surface area contributed by atoms with Crippen LogP contribution in [0.2, 0.25) is 0 Å². The summed E-state index contributed by atoms with van der Waals surface area (Å²) >= 11 is 1.62. The van der Waals surface area contributed by atoms with Crippen molar-refractivity contribution >= 4 is 38.3 Å². The molecule has 4 rings (SSSR count). The molecule has 1 aliphatic heterocycles. The number of ether oxygens (including phenoxy) is 1. The number of aromatic nitrogens is 2. The summed E-state index contributed by atoms with van der Waals surface area (Å²) in [6.07, 6.45) is 2.51. The number of imidazole rings is 1. The van der Waals surface area contributed by atoms with Gasteiger partial charge < -0.3 is 14.2 Å². The van der Waals surface area contributed by atoms with Gasteiger partial charge in [-0.3, -0.25) is 4.79 Å². The summed E-state index contributed by atoms with van der Waals surface area (Å²) in [5.74, 6) is 0.778. The second-order valence-electron chi connectivity index (χ2n) is 7.90. The van der Waals surface area contributed by atoms with Crippen molar-refractivity contribution in [2.45, 2.75) is 24.3 Å². The Balaban J connectivity index is 1.49.